The number of halogens is 2. The molecule has 1 aromatic rings. The van der Waals surface area contributed by atoms with E-state index >= 15 is 0 Å². The Morgan fingerprint density at radius 3 is 2.73 bits per heavy atom. The molecule has 15 heavy (non-hydrogen) atoms. The number of aryl methyl sites for hydroxylation is 2. The van der Waals surface area contributed by atoms with Crippen molar-refractivity contribution in [3.63, 3.8) is 0 Å². The maximum absolute atomic E-state index is 13.8. The smallest absolute Gasteiger partial charge is 0.162 e. The molecule has 0 bridgehead atoms. The van der Waals surface area contributed by atoms with E-state index in [2.05, 4.69) is 6.92 Å². The van der Waals surface area contributed by atoms with Gasteiger partial charge in [0.15, 0.2) is 11.6 Å². The lowest BCUT2D eigenvalue weighted by atomic mass is 9.95. The fourth-order valence-electron chi connectivity index (χ4n) is 2.59. The molecule has 0 amide bonds. The van der Waals surface area contributed by atoms with Gasteiger partial charge in [-0.05, 0) is 48.8 Å². The van der Waals surface area contributed by atoms with Gasteiger partial charge in [-0.2, -0.15) is 0 Å². The topological polar surface area (TPSA) is 0 Å². The summed E-state index contributed by atoms with van der Waals surface area (Å²) in [7, 11) is 0. The Balaban J connectivity index is 2.48. The van der Waals surface area contributed by atoms with Gasteiger partial charge < -0.3 is 0 Å². The van der Waals surface area contributed by atoms with Crippen molar-refractivity contribution < 1.29 is 8.78 Å². The first kappa shape index (κ1) is 10.6. The van der Waals surface area contributed by atoms with E-state index in [1.807, 2.05) is 6.07 Å². The summed E-state index contributed by atoms with van der Waals surface area (Å²) in [4.78, 5) is 0. The quantitative estimate of drug-likeness (QED) is 0.689. The van der Waals surface area contributed by atoms with Crippen LogP contribution < -0.4 is 0 Å². The van der Waals surface area contributed by atoms with Gasteiger partial charge in [-0.3, -0.25) is 0 Å². The van der Waals surface area contributed by atoms with Crippen molar-refractivity contribution in [3.05, 3.63) is 34.4 Å². The Bertz CT molecular complexity index is 383. The van der Waals surface area contributed by atoms with Gasteiger partial charge in [-0.15, -0.1) is 0 Å². The predicted molar refractivity (Wildman–Crippen MR) is 57.1 cm³/mol. The first-order valence-corrected chi connectivity index (χ1v) is 5.62. The van der Waals surface area contributed by atoms with E-state index in [1.165, 1.54) is 0 Å². The molecule has 0 aromatic heterocycles. The van der Waals surface area contributed by atoms with Crippen LogP contribution >= 0.6 is 0 Å². The average molecular weight is 210 g/mol. The van der Waals surface area contributed by atoms with Gasteiger partial charge in [0.1, 0.15) is 0 Å². The molecule has 0 spiro atoms. The van der Waals surface area contributed by atoms with E-state index in [0.29, 0.717) is 11.1 Å². The van der Waals surface area contributed by atoms with E-state index in [0.717, 1.165) is 31.2 Å². The third kappa shape index (κ3) is 1.66. The minimum atomic E-state index is -0.656. The van der Waals surface area contributed by atoms with Crippen molar-refractivity contribution in [3.8, 4) is 0 Å². The Hall–Kier alpha value is -0.920. The minimum Gasteiger partial charge on any atom is -0.203 e. The van der Waals surface area contributed by atoms with Crippen LogP contribution in [-0.4, -0.2) is 0 Å². The van der Waals surface area contributed by atoms with Gasteiger partial charge in [0.25, 0.3) is 0 Å². The van der Waals surface area contributed by atoms with Gasteiger partial charge in [-0.1, -0.05) is 19.4 Å². The molecule has 1 aliphatic rings. The Morgan fingerprint density at radius 2 is 2.07 bits per heavy atom. The number of benzene rings is 1. The molecule has 1 atom stereocenters. The Labute approximate surface area is 89.3 Å². The van der Waals surface area contributed by atoms with Crippen LogP contribution in [0.3, 0.4) is 0 Å². The number of fused-ring (bicyclic) bond motifs is 1. The first-order valence-electron chi connectivity index (χ1n) is 5.62. The molecule has 0 fully saturated rings. The molecule has 1 aromatic carbocycles. The van der Waals surface area contributed by atoms with Crippen LogP contribution in [0.25, 0.3) is 0 Å². The van der Waals surface area contributed by atoms with Gasteiger partial charge in [0, 0.05) is 0 Å². The van der Waals surface area contributed by atoms with Gasteiger partial charge in [0.2, 0.25) is 0 Å². The molecule has 1 unspecified atom stereocenters. The van der Waals surface area contributed by atoms with Crippen molar-refractivity contribution in [2.75, 3.05) is 0 Å². The van der Waals surface area contributed by atoms with Gasteiger partial charge in [-0.25, -0.2) is 8.78 Å². The molecule has 0 N–H and O–H groups in total. The molecule has 0 heterocycles. The molecule has 0 radical (unpaired) electrons. The molecular weight excluding hydrogens is 194 g/mol. The first-order chi connectivity index (χ1) is 7.15. The van der Waals surface area contributed by atoms with Crippen LogP contribution in [0.15, 0.2) is 6.07 Å². The molecular formula is C13H16F2. The predicted octanol–water partition coefficient (Wildman–Crippen LogP) is 4.10. The summed E-state index contributed by atoms with van der Waals surface area (Å²) in [5, 5.41) is 0. The van der Waals surface area contributed by atoms with Crippen molar-refractivity contribution in [2.45, 2.75) is 45.4 Å². The van der Waals surface area contributed by atoms with E-state index in [-0.39, 0.29) is 5.92 Å². The molecule has 1 aliphatic carbocycles. The summed E-state index contributed by atoms with van der Waals surface area (Å²) < 4.78 is 27.2. The second-order valence-corrected chi connectivity index (χ2v) is 4.42. The zero-order valence-electron chi connectivity index (χ0n) is 9.24. The summed E-state index contributed by atoms with van der Waals surface area (Å²) in [6, 6.07) is 1.81. The van der Waals surface area contributed by atoms with E-state index in [4.69, 9.17) is 0 Å². The molecule has 0 saturated carbocycles. The highest BCUT2D eigenvalue weighted by molar-refractivity contribution is 5.40. The number of hydrogen-bond donors (Lipinski definition) is 0. The summed E-state index contributed by atoms with van der Waals surface area (Å²) in [5.41, 5.74) is 2.10. The summed E-state index contributed by atoms with van der Waals surface area (Å²) in [6.45, 7) is 3.71. The molecule has 0 aliphatic heterocycles. The highest BCUT2D eigenvalue weighted by atomic mass is 19.2. The van der Waals surface area contributed by atoms with E-state index in [1.54, 1.807) is 6.92 Å². The van der Waals surface area contributed by atoms with Crippen molar-refractivity contribution >= 4 is 0 Å². The van der Waals surface area contributed by atoms with Crippen LogP contribution in [0.2, 0.25) is 0 Å². The second kappa shape index (κ2) is 3.92. The fourth-order valence-corrected chi connectivity index (χ4v) is 2.59. The van der Waals surface area contributed by atoms with Gasteiger partial charge >= 0.3 is 0 Å². The van der Waals surface area contributed by atoms with Crippen molar-refractivity contribution in [2.24, 2.45) is 0 Å². The van der Waals surface area contributed by atoms with Crippen LogP contribution in [0.1, 0.15) is 48.8 Å². The Morgan fingerprint density at radius 1 is 1.33 bits per heavy atom. The SMILES string of the molecule is CCCC1CCc2cc(C)c(F)c(F)c21. The maximum Gasteiger partial charge on any atom is 0.162 e. The average Bonchev–Trinajstić information content (AvgIpc) is 2.59. The summed E-state index contributed by atoms with van der Waals surface area (Å²) in [6.07, 6.45) is 3.87. The highest BCUT2D eigenvalue weighted by Gasteiger charge is 2.28. The normalized spacial score (nSPS) is 19.3. The summed E-state index contributed by atoms with van der Waals surface area (Å²) >= 11 is 0. The third-order valence-electron chi connectivity index (χ3n) is 3.32. The lowest BCUT2D eigenvalue weighted by Gasteiger charge is -2.12. The molecule has 2 rings (SSSR count). The minimum absolute atomic E-state index is 0.236. The second-order valence-electron chi connectivity index (χ2n) is 4.42. The fraction of sp³-hybridized carbons (Fsp3) is 0.538. The number of hydrogen-bond acceptors (Lipinski definition) is 0. The van der Waals surface area contributed by atoms with Crippen LogP contribution in [0.5, 0.6) is 0 Å². The molecule has 82 valence electrons. The lowest BCUT2D eigenvalue weighted by molar-refractivity contribution is 0.480. The van der Waals surface area contributed by atoms with Crippen LogP contribution in [0, 0.1) is 18.6 Å². The van der Waals surface area contributed by atoms with Gasteiger partial charge in [0.05, 0.1) is 0 Å². The molecule has 2 heteroatoms. The monoisotopic (exact) mass is 210 g/mol. The molecule has 0 saturated heterocycles. The van der Waals surface area contributed by atoms with Crippen LogP contribution in [0.4, 0.5) is 8.78 Å². The maximum atomic E-state index is 13.8. The van der Waals surface area contributed by atoms with Crippen LogP contribution in [-0.2, 0) is 6.42 Å². The number of rotatable bonds is 2. The highest BCUT2D eigenvalue weighted by Crippen LogP contribution is 2.39. The zero-order chi connectivity index (χ0) is 11.0. The Kier molecular flexibility index (Phi) is 2.76. The third-order valence-corrected chi connectivity index (χ3v) is 3.32. The standard InChI is InChI=1S/C13H16F2/c1-3-4-9-5-6-10-7-8(2)12(14)13(15)11(9)10/h7,9H,3-6H2,1-2H3. The lowest BCUT2D eigenvalue weighted by Crippen LogP contribution is -2.01. The van der Waals surface area contributed by atoms with E-state index < -0.39 is 11.6 Å². The van der Waals surface area contributed by atoms with Crippen molar-refractivity contribution in [1.29, 1.82) is 0 Å². The van der Waals surface area contributed by atoms with E-state index in [9.17, 15) is 8.78 Å². The zero-order valence-corrected chi connectivity index (χ0v) is 9.24. The van der Waals surface area contributed by atoms with Crippen molar-refractivity contribution in [1.82, 2.24) is 0 Å². The molecule has 0 nitrogen and oxygen atoms in total. The largest absolute Gasteiger partial charge is 0.203 e. The summed E-state index contributed by atoms with van der Waals surface area (Å²) in [5.74, 6) is -1.02.